The second-order valence-corrected chi connectivity index (χ2v) is 4.97. The van der Waals surface area contributed by atoms with Gasteiger partial charge >= 0.3 is 0 Å². The minimum atomic E-state index is 0.295. The van der Waals surface area contributed by atoms with Crippen molar-refractivity contribution < 1.29 is 4.42 Å². The number of rotatable bonds is 8. The lowest BCUT2D eigenvalue weighted by Gasteiger charge is -2.18. The zero-order valence-corrected chi connectivity index (χ0v) is 11.2. The SMILES string of the molecule is CSCCN(C)CCNC(C)c1ccco1. The highest BCUT2D eigenvalue weighted by Crippen LogP contribution is 2.11. The van der Waals surface area contributed by atoms with E-state index < -0.39 is 0 Å². The molecule has 0 bridgehead atoms. The average molecular weight is 242 g/mol. The molecule has 92 valence electrons. The van der Waals surface area contributed by atoms with Crippen molar-refractivity contribution in [2.45, 2.75) is 13.0 Å². The molecule has 1 heterocycles. The fraction of sp³-hybridized carbons (Fsp3) is 0.667. The van der Waals surface area contributed by atoms with Crippen molar-refractivity contribution in [1.29, 1.82) is 0 Å². The molecule has 4 heteroatoms. The van der Waals surface area contributed by atoms with Crippen LogP contribution < -0.4 is 5.32 Å². The van der Waals surface area contributed by atoms with Crippen molar-refractivity contribution in [2.24, 2.45) is 0 Å². The monoisotopic (exact) mass is 242 g/mol. The summed E-state index contributed by atoms with van der Waals surface area (Å²) in [5.74, 6) is 2.20. The van der Waals surface area contributed by atoms with Crippen LogP contribution in [0.15, 0.2) is 22.8 Å². The summed E-state index contributed by atoms with van der Waals surface area (Å²) >= 11 is 1.89. The van der Waals surface area contributed by atoms with Crippen LogP contribution in [0.25, 0.3) is 0 Å². The lowest BCUT2D eigenvalue weighted by atomic mass is 10.2. The number of likely N-dealkylation sites (N-methyl/N-ethyl adjacent to an activating group) is 1. The van der Waals surface area contributed by atoms with E-state index in [-0.39, 0.29) is 0 Å². The van der Waals surface area contributed by atoms with E-state index in [1.807, 2.05) is 23.9 Å². The summed E-state index contributed by atoms with van der Waals surface area (Å²) in [5, 5.41) is 3.45. The molecule has 0 aliphatic carbocycles. The fourth-order valence-electron chi connectivity index (χ4n) is 1.47. The summed E-state index contributed by atoms with van der Waals surface area (Å²) < 4.78 is 5.34. The molecule has 1 aromatic heterocycles. The van der Waals surface area contributed by atoms with Gasteiger partial charge in [0.05, 0.1) is 12.3 Å². The van der Waals surface area contributed by atoms with Gasteiger partial charge in [-0.1, -0.05) is 0 Å². The van der Waals surface area contributed by atoms with Crippen LogP contribution in [-0.2, 0) is 0 Å². The molecule has 16 heavy (non-hydrogen) atoms. The van der Waals surface area contributed by atoms with E-state index in [4.69, 9.17) is 4.42 Å². The highest BCUT2D eigenvalue weighted by atomic mass is 32.2. The highest BCUT2D eigenvalue weighted by Gasteiger charge is 2.06. The van der Waals surface area contributed by atoms with Crippen molar-refractivity contribution in [1.82, 2.24) is 10.2 Å². The zero-order valence-electron chi connectivity index (χ0n) is 10.4. The normalized spacial score (nSPS) is 13.2. The molecule has 0 saturated heterocycles. The molecule has 1 rings (SSSR count). The average Bonchev–Trinajstić information content (AvgIpc) is 2.79. The van der Waals surface area contributed by atoms with Crippen LogP contribution in [0.3, 0.4) is 0 Å². The van der Waals surface area contributed by atoms with E-state index >= 15 is 0 Å². The molecule has 0 amide bonds. The van der Waals surface area contributed by atoms with E-state index in [1.54, 1.807) is 6.26 Å². The van der Waals surface area contributed by atoms with Crippen molar-refractivity contribution in [3.05, 3.63) is 24.2 Å². The predicted molar refractivity (Wildman–Crippen MR) is 71.0 cm³/mol. The van der Waals surface area contributed by atoms with Crippen molar-refractivity contribution in [2.75, 3.05) is 38.7 Å². The topological polar surface area (TPSA) is 28.4 Å². The van der Waals surface area contributed by atoms with Crippen LogP contribution >= 0.6 is 11.8 Å². The van der Waals surface area contributed by atoms with Gasteiger partial charge in [0, 0.05) is 25.4 Å². The van der Waals surface area contributed by atoms with Gasteiger partial charge in [0.15, 0.2) is 0 Å². The molecule has 0 saturated carbocycles. The molecule has 0 aliphatic heterocycles. The maximum Gasteiger partial charge on any atom is 0.120 e. The Morgan fingerprint density at radius 1 is 1.50 bits per heavy atom. The Bertz CT molecular complexity index is 264. The van der Waals surface area contributed by atoms with Crippen molar-refractivity contribution >= 4 is 11.8 Å². The van der Waals surface area contributed by atoms with Crippen molar-refractivity contribution in [3.63, 3.8) is 0 Å². The molecule has 0 fully saturated rings. The predicted octanol–water partition coefficient (Wildman–Crippen LogP) is 2.23. The maximum absolute atomic E-state index is 5.34. The molecular formula is C12H22N2OS. The van der Waals surface area contributed by atoms with E-state index in [1.165, 1.54) is 5.75 Å². The van der Waals surface area contributed by atoms with Gasteiger partial charge in [-0.15, -0.1) is 0 Å². The van der Waals surface area contributed by atoms with Crippen LogP contribution in [0.1, 0.15) is 18.7 Å². The second-order valence-electron chi connectivity index (χ2n) is 3.99. The Kier molecular flexibility index (Phi) is 6.61. The molecule has 0 spiro atoms. The molecule has 3 nitrogen and oxygen atoms in total. The first-order valence-corrected chi connectivity index (χ1v) is 7.07. The smallest absolute Gasteiger partial charge is 0.120 e. The summed E-state index contributed by atoms with van der Waals surface area (Å²) in [7, 11) is 2.16. The third-order valence-electron chi connectivity index (χ3n) is 2.59. The van der Waals surface area contributed by atoms with Gasteiger partial charge in [0.25, 0.3) is 0 Å². The van der Waals surface area contributed by atoms with Crippen LogP contribution in [0.4, 0.5) is 0 Å². The zero-order chi connectivity index (χ0) is 11.8. The first kappa shape index (κ1) is 13.6. The second kappa shape index (κ2) is 7.76. The minimum absolute atomic E-state index is 0.295. The lowest BCUT2D eigenvalue weighted by Crippen LogP contribution is -2.31. The number of thioether (sulfide) groups is 1. The quantitative estimate of drug-likeness (QED) is 0.757. The molecule has 1 atom stereocenters. The van der Waals surface area contributed by atoms with E-state index in [2.05, 4.69) is 30.4 Å². The minimum Gasteiger partial charge on any atom is -0.468 e. The largest absolute Gasteiger partial charge is 0.468 e. The van der Waals surface area contributed by atoms with Gasteiger partial charge in [-0.25, -0.2) is 0 Å². The van der Waals surface area contributed by atoms with Gasteiger partial charge in [0.1, 0.15) is 5.76 Å². The molecule has 0 aromatic carbocycles. The number of nitrogens with one attached hydrogen (secondary N) is 1. The molecule has 1 N–H and O–H groups in total. The number of hydrogen-bond acceptors (Lipinski definition) is 4. The third-order valence-corrected chi connectivity index (χ3v) is 3.18. The lowest BCUT2D eigenvalue weighted by molar-refractivity contribution is 0.336. The molecule has 1 unspecified atom stereocenters. The Morgan fingerprint density at radius 2 is 2.31 bits per heavy atom. The van der Waals surface area contributed by atoms with Crippen molar-refractivity contribution in [3.8, 4) is 0 Å². The maximum atomic E-state index is 5.34. The fourth-order valence-corrected chi connectivity index (χ4v) is 1.96. The molecule has 0 radical (unpaired) electrons. The Labute approximate surface area is 103 Å². The molecular weight excluding hydrogens is 220 g/mol. The van der Waals surface area contributed by atoms with Crippen LogP contribution in [0.5, 0.6) is 0 Å². The van der Waals surface area contributed by atoms with E-state index in [9.17, 15) is 0 Å². The summed E-state index contributed by atoms with van der Waals surface area (Å²) in [4.78, 5) is 2.35. The third kappa shape index (κ3) is 5.05. The first-order valence-electron chi connectivity index (χ1n) is 5.68. The summed E-state index contributed by atoms with van der Waals surface area (Å²) in [6.45, 7) is 5.34. The highest BCUT2D eigenvalue weighted by molar-refractivity contribution is 7.98. The van der Waals surface area contributed by atoms with Gasteiger partial charge in [-0.05, 0) is 32.4 Å². The van der Waals surface area contributed by atoms with E-state index in [0.29, 0.717) is 6.04 Å². The molecule has 1 aromatic rings. The van der Waals surface area contributed by atoms with Crippen LogP contribution in [0, 0.1) is 0 Å². The van der Waals surface area contributed by atoms with Gasteiger partial charge < -0.3 is 14.6 Å². The van der Waals surface area contributed by atoms with Gasteiger partial charge in [-0.2, -0.15) is 11.8 Å². The summed E-state index contributed by atoms with van der Waals surface area (Å²) in [5.41, 5.74) is 0. The summed E-state index contributed by atoms with van der Waals surface area (Å²) in [6.07, 6.45) is 3.86. The number of hydrogen-bond donors (Lipinski definition) is 1. The van der Waals surface area contributed by atoms with E-state index in [0.717, 1.165) is 25.4 Å². The van der Waals surface area contributed by atoms with Gasteiger partial charge in [-0.3, -0.25) is 0 Å². The Morgan fingerprint density at radius 3 is 2.94 bits per heavy atom. The molecule has 0 aliphatic rings. The first-order chi connectivity index (χ1) is 7.74. The van der Waals surface area contributed by atoms with Gasteiger partial charge in [0.2, 0.25) is 0 Å². The standard InChI is InChI=1S/C12H22N2OS/c1-11(12-5-4-9-15-12)13-6-7-14(2)8-10-16-3/h4-5,9,11,13H,6-8,10H2,1-3H3. The summed E-state index contributed by atoms with van der Waals surface area (Å²) in [6, 6.07) is 4.23. The number of nitrogens with zero attached hydrogens (tertiary/aromatic N) is 1. The Hall–Kier alpha value is -0.450. The van der Waals surface area contributed by atoms with Crippen LogP contribution in [0.2, 0.25) is 0 Å². The van der Waals surface area contributed by atoms with Crippen LogP contribution in [-0.4, -0.2) is 43.6 Å². The number of furan rings is 1. The Balaban J connectivity index is 2.11.